The molecular weight excluding hydrogens is 1630 g/mol. The number of fused-ring (bicyclic) bond motifs is 38. The molecule has 0 saturated heterocycles. The largest absolute Gasteiger partial charge is 0.456 e. The smallest absolute Gasteiger partial charge is 0.143 e. The molecule has 600 valence electrons. The molecule has 6 nitrogen and oxygen atoms in total. The number of hydrogen-bond donors (Lipinski definition) is 0. The number of benzene rings is 21. The van der Waals surface area contributed by atoms with Crippen LogP contribution in [0.25, 0.3) is 275 Å². The van der Waals surface area contributed by atoms with Gasteiger partial charge in [0.05, 0.1) is 42.5 Å². The summed E-state index contributed by atoms with van der Waals surface area (Å²) in [5.74, 6) is 0. The van der Waals surface area contributed by atoms with E-state index in [1.54, 1.807) is 0 Å². The molecule has 0 aliphatic rings. The molecule has 0 amide bonds. The summed E-state index contributed by atoms with van der Waals surface area (Å²) in [6.07, 6.45) is 0. The maximum atomic E-state index is 6.37. The Bertz CT molecular complexity index is 9960. The van der Waals surface area contributed by atoms with E-state index in [1.807, 2.05) is 70.4 Å². The Morgan fingerprint density at radius 3 is 1.25 bits per heavy atom. The van der Waals surface area contributed by atoms with Crippen LogP contribution in [0.2, 0.25) is 0 Å². The molecule has 9 heterocycles. The highest BCUT2D eigenvalue weighted by Crippen LogP contribution is 2.53. The molecule has 0 saturated carbocycles. The Labute approximate surface area is 748 Å². The Hall–Kier alpha value is -16.1. The van der Waals surface area contributed by atoms with Gasteiger partial charge in [-0.2, -0.15) is 0 Å². The Balaban J connectivity index is 0.0000000976. The zero-order chi connectivity index (χ0) is 84.2. The molecule has 30 aromatic rings. The fourth-order valence-electron chi connectivity index (χ4n) is 21.3. The number of furan rings is 3. The quantitative estimate of drug-likeness (QED) is 0.167. The number of thiophene rings is 3. The molecule has 0 aliphatic heterocycles. The fourth-order valence-corrected chi connectivity index (χ4v) is 25.1. The van der Waals surface area contributed by atoms with Crippen LogP contribution in [0, 0.1) is 0 Å². The first-order chi connectivity index (χ1) is 64.0. The summed E-state index contributed by atoms with van der Waals surface area (Å²) in [5.41, 5.74) is 23.5. The number of aromatic nitrogens is 3. The van der Waals surface area contributed by atoms with E-state index in [2.05, 4.69) is 396 Å². The Morgan fingerprint density at radius 1 is 0.178 bits per heavy atom. The van der Waals surface area contributed by atoms with Crippen LogP contribution in [-0.2, 0) is 0 Å². The van der Waals surface area contributed by atoms with Crippen LogP contribution in [0.4, 0.5) is 0 Å². The van der Waals surface area contributed by atoms with Gasteiger partial charge in [0.15, 0.2) is 0 Å². The summed E-state index contributed by atoms with van der Waals surface area (Å²) in [6.45, 7) is 0. The third-order valence-electron chi connectivity index (χ3n) is 27.0. The molecule has 129 heavy (non-hydrogen) atoms. The van der Waals surface area contributed by atoms with Gasteiger partial charge in [-0.1, -0.05) is 303 Å². The predicted molar refractivity (Wildman–Crippen MR) is 552 cm³/mol. The topological polar surface area (TPSA) is 54.2 Å². The highest BCUT2D eigenvalue weighted by atomic mass is 32.1. The number of nitrogens with zero attached hydrogens (tertiary/aromatic N) is 3. The molecule has 0 aliphatic carbocycles. The highest BCUT2D eigenvalue weighted by Gasteiger charge is 2.27. The number of rotatable bonds is 6. The highest BCUT2D eigenvalue weighted by molar-refractivity contribution is 7.28. The molecule has 30 rings (SSSR count). The molecule has 0 N–H and O–H groups in total. The maximum absolute atomic E-state index is 6.37. The lowest BCUT2D eigenvalue weighted by Crippen LogP contribution is -1.94. The van der Waals surface area contributed by atoms with Crippen molar-refractivity contribution in [3.63, 3.8) is 0 Å². The molecule has 9 aromatic heterocycles. The van der Waals surface area contributed by atoms with E-state index < -0.39 is 0 Å². The Kier molecular flexibility index (Phi) is 15.8. The maximum Gasteiger partial charge on any atom is 0.143 e. The van der Waals surface area contributed by atoms with Crippen molar-refractivity contribution in [2.45, 2.75) is 0 Å². The molecule has 21 aromatic carbocycles. The normalized spacial score (nSPS) is 12.2. The molecule has 0 spiro atoms. The van der Waals surface area contributed by atoms with E-state index in [-0.39, 0.29) is 0 Å². The van der Waals surface area contributed by atoms with Crippen LogP contribution in [0.15, 0.2) is 432 Å². The van der Waals surface area contributed by atoms with Gasteiger partial charge in [-0.3, -0.25) is 0 Å². The average Bonchev–Trinajstić information content (AvgIpc) is 1.54. The van der Waals surface area contributed by atoms with Crippen LogP contribution in [0.3, 0.4) is 0 Å². The minimum atomic E-state index is 0.920. The van der Waals surface area contributed by atoms with Crippen molar-refractivity contribution in [2.75, 3.05) is 0 Å². The van der Waals surface area contributed by atoms with E-state index in [0.29, 0.717) is 0 Å². The summed E-state index contributed by atoms with van der Waals surface area (Å²) < 4.78 is 34.1. The standard InChI is InChI=1S/3C40H23NOS/c1-2-12-29-28(11-1)36-31-13-3-6-17-33(31)41(38(36)40-37(29)32-14-5-8-19-35(32)43-40)25-22-20-24(21-23-25)26-15-9-16-30-27-10-4-7-18-34(27)42-39(26)30;1-2-11-30-29(10-1)37-32-13-5-8-16-36(32)43-40(37)38-31-12-3-6-14-33(31)41(39(30)38)26-20-17-24(18-21-26)25-19-22-28-27-9-4-7-15-34(27)42-35(28)23-25;1-2-8-28-25(7-1)15-21-34-38(28)32-20-19-31-30-10-4-6-12-37(30)43-40(31)39(32)41(34)27-17-13-24(14-18-27)26-16-22-36-33(23-26)29-9-3-5-11-35(29)42-36/h3*1-23H. The summed E-state index contributed by atoms with van der Waals surface area (Å²) in [6, 6.07) is 151. The van der Waals surface area contributed by atoms with Crippen molar-refractivity contribution in [3.05, 3.63) is 419 Å². The van der Waals surface area contributed by atoms with Gasteiger partial charge in [0.2, 0.25) is 0 Å². The lowest BCUT2D eigenvalue weighted by Gasteiger charge is -2.12. The van der Waals surface area contributed by atoms with Crippen LogP contribution >= 0.6 is 34.0 Å². The monoisotopic (exact) mass is 1700 g/mol. The van der Waals surface area contributed by atoms with Gasteiger partial charge in [-0.15, -0.1) is 34.0 Å². The SMILES string of the molecule is c1ccc2c(c1)ccc1c2c2ccc3c4ccccc4sc3c2n1-c1ccc(-c2ccc3oc4ccccc4c3c2)cc1.c1ccc2c(c1)oc1c(-c3ccc(-n4c5ccccc5c5c6ccccc6c6c7ccccc7sc6c54)cc3)cccc12.c1ccc2c(c1)oc1cc(-c3ccc(-n4c5ccccc5c5c6sc7ccccc7c6c6ccccc6c54)cc3)ccc12. The van der Waals surface area contributed by atoms with Crippen LogP contribution in [0.5, 0.6) is 0 Å². The van der Waals surface area contributed by atoms with E-state index in [1.165, 1.54) is 181 Å². The van der Waals surface area contributed by atoms with Crippen LogP contribution in [0.1, 0.15) is 0 Å². The summed E-state index contributed by atoms with van der Waals surface area (Å²) in [7, 11) is 0. The molecule has 0 radical (unpaired) electrons. The average molecular weight is 1700 g/mol. The van der Waals surface area contributed by atoms with E-state index in [0.717, 1.165) is 93.9 Å². The second kappa shape index (κ2) is 28.2. The predicted octanol–water partition coefficient (Wildman–Crippen LogP) is 35.6. The number of para-hydroxylation sites is 6. The molecule has 9 heteroatoms. The van der Waals surface area contributed by atoms with Crippen molar-refractivity contribution in [2.24, 2.45) is 0 Å². The second-order valence-electron chi connectivity index (χ2n) is 33.8. The first kappa shape index (κ1) is 72.2. The fraction of sp³-hybridized carbons (Fsp3) is 0. The van der Waals surface area contributed by atoms with Crippen LogP contribution < -0.4 is 0 Å². The molecule has 0 bridgehead atoms. The first-order valence-corrected chi connectivity index (χ1v) is 46.3. The summed E-state index contributed by atoms with van der Waals surface area (Å²) in [4.78, 5) is 0. The minimum Gasteiger partial charge on any atom is -0.456 e. The van der Waals surface area contributed by atoms with Crippen molar-refractivity contribution in [1.82, 2.24) is 13.7 Å². The van der Waals surface area contributed by atoms with E-state index in [9.17, 15) is 0 Å². The summed E-state index contributed by atoms with van der Waals surface area (Å²) in [5, 5.41) is 30.6. The van der Waals surface area contributed by atoms with E-state index in [4.69, 9.17) is 13.3 Å². The molecule has 0 fully saturated rings. The molecule has 0 unspecified atom stereocenters. The third-order valence-corrected chi connectivity index (χ3v) is 30.5. The molecular formula is C120H69N3O3S3. The van der Waals surface area contributed by atoms with Gasteiger partial charge in [0.25, 0.3) is 0 Å². The Morgan fingerprint density at radius 2 is 0.589 bits per heavy atom. The van der Waals surface area contributed by atoms with E-state index >= 15 is 0 Å². The van der Waals surface area contributed by atoms with Crippen molar-refractivity contribution >= 4 is 258 Å². The minimum absolute atomic E-state index is 0.920. The van der Waals surface area contributed by atoms with Gasteiger partial charge in [0.1, 0.15) is 33.5 Å². The third kappa shape index (κ3) is 10.8. The lowest BCUT2D eigenvalue weighted by atomic mass is 9.99. The van der Waals surface area contributed by atoms with Gasteiger partial charge in [-0.25, -0.2) is 0 Å². The zero-order valence-corrected chi connectivity index (χ0v) is 71.6. The molecule has 0 atom stereocenters. The van der Waals surface area contributed by atoms with Crippen molar-refractivity contribution in [3.8, 4) is 50.4 Å². The first-order valence-electron chi connectivity index (χ1n) is 43.8. The van der Waals surface area contributed by atoms with Crippen LogP contribution in [-0.4, -0.2) is 13.7 Å². The second-order valence-corrected chi connectivity index (χ2v) is 37.0. The van der Waals surface area contributed by atoms with Crippen molar-refractivity contribution in [1.29, 1.82) is 0 Å². The van der Waals surface area contributed by atoms with Gasteiger partial charge in [0, 0.05) is 144 Å². The summed E-state index contributed by atoms with van der Waals surface area (Å²) >= 11 is 5.70. The zero-order valence-electron chi connectivity index (χ0n) is 69.1. The van der Waals surface area contributed by atoms with Gasteiger partial charge >= 0.3 is 0 Å². The van der Waals surface area contributed by atoms with Crippen molar-refractivity contribution < 1.29 is 13.3 Å². The van der Waals surface area contributed by atoms with Gasteiger partial charge < -0.3 is 27.0 Å². The van der Waals surface area contributed by atoms with Gasteiger partial charge in [-0.05, 0) is 170 Å². The lowest BCUT2D eigenvalue weighted by molar-refractivity contribution is 0.668. The number of hydrogen-bond acceptors (Lipinski definition) is 6.